The number of fused-ring (bicyclic) bond motifs is 3. The van der Waals surface area contributed by atoms with Crippen molar-refractivity contribution in [1.29, 1.82) is 0 Å². The van der Waals surface area contributed by atoms with E-state index < -0.39 is 0 Å². The van der Waals surface area contributed by atoms with Gasteiger partial charge in [0.15, 0.2) is 4.80 Å². The number of allylic oxidation sites excluding steroid dienone is 1. The van der Waals surface area contributed by atoms with Gasteiger partial charge in [-0.05, 0) is 58.9 Å². The maximum atomic E-state index is 13.9. The van der Waals surface area contributed by atoms with Gasteiger partial charge in [0, 0.05) is 5.56 Å². The normalized spacial score (nSPS) is 16.2. The maximum Gasteiger partial charge on any atom is 0.271 e. The van der Waals surface area contributed by atoms with E-state index in [0.29, 0.717) is 11.1 Å². The summed E-state index contributed by atoms with van der Waals surface area (Å²) in [4.78, 5) is 19.8. The number of aromatic nitrogens is 1. The Balaban J connectivity index is 1.32. The molecule has 7 rings (SSSR count). The fraction of sp³-hybridized carbons (Fsp3) is 0.118. The van der Waals surface area contributed by atoms with E-state index in [0.717, 1.165) is 45.8 Å². The first kappa shape index (κ1) is 23.6. The van der Waals surface area contributed by atoms with Crippen LogP contribution in [0.1, 0.15) is 40.3 Å². The van der Waals surface area contributed by atoms with Gasteiger partial charge in [-0.25, -0.2) is 4.99 Å². The van der Waals surface area contributed by atoms with Crippen molar-refractivity contribution in [2.75, 3.05) is 0 Å². The summed E-state index contributed by atoms with van der Waals surface area (Å²) in [7, 11) is 0. The van der Waals surface area contributed by atoms with Crippen molar-refractivity contribution >= 4 is 23.1 Å². The van der Waals surface area contributed by atoms with Gasteiger partial charge in [0.1, 0.15) is 12.4 Å². The first-order valence-electron chi connectivity index (χ1n) is 13.2. The van der Waals surface area contributed by atoms with Crippen molar-refractivity contribution in [3.63, 3.8) is 0 Å². The SMILES string of the molecule is O=c1/c(=C\c2cccc(OCc3ccccc3)c2)sc2n1[C@H](c1ccccc1)C1=C(N=2)c2ccccc2CC1. The van der Waals surface area contributed by atoms with E-state index >= 15 is 0 Å². The minimum absolute atomic E-state index is 0.00591. The molecule has 0 radical (unpaired) electrons. The zero-order valence-electron chi connectivity index (χ0n) is 21.3. The first-order valence-corrected chi connectivity index (χ1v) is 14.0. The molecule has 1 aromatic heterocycles. The topological polar surface area (TPSA) is 43.6 Å². The van der Waals surface area contributed by atoms with Gasteiger partial charge in [0.25, 0.3) is 5.56 Å². The van der Waals surface area contributed by atoms with Crippen LogP contribution >= 0.6 is 11.3 Å². The van der Waals surface area contributed by atoms with Gasteiger partial charge < -0.3 is 4.74 Å². The minimum Gasteiger partial charge on any atom is -0.489 e. The van der Waals surface area contributed by atoms with E-state index in [1.54, 1.807) is 0 Å². The predicted octanol–water partition coefficient (Wildman–Crippen LogP) is 5.90. The standard InChI is InChI=1S/C34H26N2O2S/c37-33-30(21-24-12-9-16-27(20-24)38-22-23-10-3-1-4-11-23)39-34-35-31-28-17-8-7-13-25(28)18-19-29(31)32(36(33)34)26-14-5-2-6-15-26/h1-17,20-21,32H,18-19,22H2/b30-21+/t32-/m1/s1. The molecule has 1 aliphatic heterocycles. The highest BCUT2D eigenvalue weighted by molar-refractivity contribution is 7.07. The van der Waals surface area contributed by atoms with Crippen LogP contribution in [0.15, 0.2) is 125 Å². The Hall–Kier alpha value is -4.48. The fourth-order valence-electron chi connectivity index (χ4n) is 5.54. The average molecular weight is 527 g/mol. The summed E-state index contributed by atoms with van der Waals surface area (Å²) >= 11 is 1.45. The van der Waals surface area contributed by atoms with Gasteiger partial charge in [-0.15, -0.1) is 0 Å². The van der Waals surface area contributed by atoms with Gasteiger partial charge in [-0.3, -0.25) is 9.36 Å². The number of ether oxygens (including phenoxy) is 1. The van der Waals surface area contributed by atoms with E-state index in [-0.39, 0.29) is 11.6 Å². The largest absolute Gasteiger partial charge is 0.489 e. The van der Waals surface area contributed by atoms with Gasteiger partial charge in [-0.1, -0.05) is 108 Å². The third-order valence-electron chi connectivity index (χ3n) is 7.39. The molecule has 0 unspecified atom stereocenters. The average Bonchev–Trinajstić information content (AvgIpc) is 3.30. The van der Waals surface area contributed by atoms with Crippen LogP contribution in [-0.2, 0) is 13.0 Å². The van der Waals surface area contributed by atoms with E-state index in [1.165, 1.54) is 28.0 Å². The number of hydrogen-bond acceptors (Lipinski definition) is 4. The Labute approximate surface area is 230 Å². The summed E-state index contributed by atoms with van der Waals surface area (Å²) in [5.74, 6) is 0.773. The number of hydrogen-bond donors (Lipinski definition) is 0. The molecule has 190 valence electrons. The van der Waals surface area contributed by atoms with Crippen molar-refractivity contribution in [2.45, 2.75) is 25.5 Å². The lowest BCUT2D eigenvalue weighted by molar-refractivity contribution is 0.306. The molecule has 2 heterocycles. The van der Waals surface area contributed by atoms with Crippen molar-refractivity contribution in [3.8, 4) is 5.75 Å². The number of thiazole rings is 1. The van der Waals surface area contributed by atoms with E-state index in [1.807, 2.05) is 83.4 Å². The molecule has 0 fully saturated rings. The molecular formula is C34H26N2O2S. The molecule has 0 amide bonds. The van der Waals surface area contributed by atoms with Crippen LogP contribution in [-0.4, -0.2) is 4.57 Å². The highest BCUT2D eigenvalue weighted by Gasteiger charge is 2.32. The molecule has 1 aliphatic carbocycles. The summed E-state index contributed by atoms with van der Waals surface area (Å²) in [6, 6.07) is 36.7. The molecule has 5 aromatic rings. The number of rotatable bonds is 5. The van der Waals surface area contributed by atoms with Crippen LogP contribution in [0.4, 0.5) is 0 Å². The van der Waals surface area contributed by atoms with Crippen molar-refractivity contribution in [2.24, 2.45) is 4.99 Å². The van der Waals surface area contributed by atoms with Crippen molar-refractivity contribution < 1.29 is 4.74 Å². The lowest BCUT2D eigenvalue weighted by Crippen LogP contribution is -2.38. The third kappa shape index (κ3) is 4.45. The summed E-state index contributed by atoms with van der Waals surface area (Å²) in [5.41, 5.74) is 7.89. The molecule has 0 spiro atoms. The quantitative estimate of drug-likeness (QED) is 0.286. The minimum atomic E-state index is -0.159. The second kappa shape index (κ2) is 10.0. The lowest BCUT2D eigenvalue weighted by Gasteiger charge is -2.30. The van der Waals surface area contributed by atoms with Gasteiger partial charge in [0.2, 0.25) is 0 Å². The van der Waals surface area contributed by atoms with E-state index in [4.69, 9.17) is 9.73 Å². The number of aryl methyl sites for hydroxylation is 1. The number of nitrogens with zero attached hydrogens (tertiary/aromatic N) is 2. The molecule has 39 heavy (non-hydrogen) atoms. The molecular weight excluding hydrogens is 500 g/mol. The van der Waals surface area contributed by atoms with Crippen LogP contribution in [0.3, 0.4) is 0 Å². The Morgan fingerprint density at radius 1 is 0.872 bits per heavy atom. The van der Waals surface area contributed by atoms with Crippen LogP contribution < -0.4 is 19.6 Å². The summed E-state index contributed by atoms with van der Waals surface area (Å²) in [6.07, 6.45) is 3.80. The van der Waals surface area contributed by atoms with E-state index in [9.17, 15) is 4.79 Å². The Morgan fingerprint density at radius 3 is 2.49 bits per heavy atom. The van der Waals surface area contributed by atoms with Crippen molar-refractivity contribution in [3.05, 3.63) is 162 Å². The Kier molecular flexibility index (Phi) is 6.06. The molecule has 4 nitrogen and oxygen atoms in total. The monoisotopic (exact) mass is 526 g/mol. The van der Waals surface area contributed by atoms with Gasteiger partial charge >= 0.3 is 0 Å². The molecule has 2 aliphatic rings. The molecule has 5 heteroatoms. The Morgan fingerprint density at radius 2 is 1.64 bits per heavy atom. The van der Waals surface area contributed by atoms with Crippen LogP contribution in [0, 0.1) is 0 Å². The highest BCUT2D eigenvalue weighted by Crippen LogP contribution is 2.41. The van der Waals surface area contributed by atoms with E-state index in [2.05, 4.69) is 36.4 Å². The zero-order chi connectivity index (χ0) is 26.2. The Bertz CT molecular complexity index is 1890. The molecule has 4 aromatic carbocycles. The molecule has 0 saturated heterocycles. The van der Waals surface area contributed by atoms with Crippen LogP contribution in [0.25, 0.3) is 11.8 Å². The van der Waals surface area contributed by atoms with Crippen LogP contribution in [0.5, 0.6) is 5.75 Å². The molecule has 0 N–H and O–H groups in total. The summed E-state index contributed by atoms with van der Waals surface area (Å²) in [6.45, 7) is 0.497. The second-order valence-electron chi connectivity index (χ2n) is 9.87. The first-order chi connectivity index (χ1) is 19.2. The van der Waals surface area contributed by atoms with Crippen LogP contribution in [0.2, 0.25) is 0 Å². The smallest absolute Gasteiger partial charge is 0.271 e. The molecule has 1 atom stereocenters. The summed E-state index contributed by atoms with van der Waals surface area (Å²) < 4.78 is 8.60. The second-order valence-corrected chi connectivity index (χ2v) is 10.9. The lowest BCUT2D eigenvalue weighted by atomic mass is 9.83. The molecule has 0 saturated carbocycles. The summed E-state index contributed by atoms with van der Waals surface area (Å²) in [5, 5.41) is 0. The highest BCUT2D eigenvalue weighted by atomic mass is 32.1. The third-order valence-corrected chi connectivity index (χ3v) is 8.38. The van der Waals surface area contributed by atoms with Crippen molar-refractivity contribution in [1.82, 2.24) is 4.57 Å². The van der Waals surface area contributed by atoms with Gasteiger partial charge in [-0.2, -0.15) is 0 Å². The maximum absolute atomic E-state index is 13.9. The van der Waals surface area contributed by atoms with Gasteiger partial charge in [0.05, 0.1) is 16.3 Å². The zero-order valence-corrected chi connectivity index (χ0v) is 22.1. The molecule has 0 bridgehead atoms. The predicted molar refractivity (Wildman–Crippen MR) is 156 cm³/mol. The number of benzene rings is 4. The fourth-order valence-corrected chi connectivity index (χ4v) is 6.55.